The third kappa shape index (κ3) is 4.43. The van der Waals surface area contributed by atoms with Gasteiger partial charge in [-0.3, -0.25) is 0 Å². The molecule has 0 aromatic heterocycles. The minimum Gasteiger partial charge on any atom is -0.391 e. The summed E-state index contributed by atoms with van der Waals surface area (Å²) in [5.41, 5.74) is 0. The summed E-state index contributed by atoms with van der Waals surface area (Å²) in [6.07, 6.45) is 9.38. The number of ether oxygens (including phenoxy) is 1. The lowest BCUT2D eigenvalue weighted by atomic mass is 10.1. The minimum atomic E-state index is -0.278. The molecule has 0 aliphatic carbocycles. The van der Waals surface area contributed by atoms with Crippen LogP contribution in [-0.2, 0) is 4.74 Å². The van der Waals surface area contributed by atoms with Crippen LogP contribution >= 0.6 is 0 Å². The highest BCUT2D eigenvalue weighted by Gasteiger charge is 2.41. The van der Waals surface area contributed by atoms with Crippen molar-refractivity contribution in [1.82, 2.24) is 0 Å². The molecule has 0 bridgehead atoms. The zero-order valence-corrected chi connectivity index (χ0v) is 9.54. The Hall–Kier alpha value is -0.0800. The van der Waals surface area contributed by atoms with E-state index in [0.717, 1.165) is 6.42 Å². The second-order valence-corrected chi connectivity index (χ2v) is 4.44. The Kier molecular flexibility index (Phi) is 5.49. The van der Waals surface area contributed by atoms with Gasteiger partial charge in [-0.2, -0.15) is 0 Å². The van der Waals surface area contributed by atoms with Gasteiger partial charge in [0, 0.05) is 0 Å². The summed E-state index contributed by atoms with van der Waals surface area (Å²) in [7, 11) is 0. The van der Waals surface area contributed by atoms with Crippen LogP contribution in [0.3, 0.4) is 0 Å². The summed E-state index contributed by atoms with van der Waals surface area (Å²) in [5, 5.41) is 9.21. The van der Waals surface area contributed by atoms with Gasteiger partial charge >= 0.3 is 0 Å². The molecule has 3 unspecified atom stereocenters. The summed E-state index contributed by atoms with van der Waals surface area (Å²) in [4.78, 5) is 0. The summed E-state index contributed by atoms with van der Waals surface area (Å²) < 4.78 is 5.36. The van der Waals surface area contributed by atoms with Crippen LogP contribution in [0.25, 0.3) is 0 Å². The molecule has 14 heavy (non-hydrogen) atoms. The van der Waals surface area contributed by atoms with Gasteiger partial charge in [0.05, 0.1) is 12.2 Å². The molecule has 2 nitrogen and oxygen atoms in total. The van der Waals surface area contributed by atoms with Crippen LogP contribution in [0.5, 0.6) is 0 Å². The lowest BCUT2D eigenvalue weighted by molar-refractivity contribution is 0.152. The number of epoxide rings is 1. The molecule has 0 aromatic carbocycles. The molecule has 1 fully saturated rings. The van der Waals surface area contributed by atoms with Gasteiger partial charge in [-0.1, -0.05) is 45.4 Å². The quantitative estimate of drug-likeness (QED) is 0.482. The Morgan fingerprint density at radius 2 is 1.79 bits per heavy atom. The average molecular weight is 200 g/mol. The molecule has 1 saturated heterocycles. The van der Waals surface area contributed by atoms with Crippen molar-refractivity contribution in [2.24, 2.45) is 0 Å². The summed E-state index contributed by atoms with van der Waals surface area (Å²) >= 11 is 0. The lowest BCUT2D eigenvalue weighted by Crippen LogP contribution is -2.11. The van der Waals surface area contributed by atoms with Crippen LogP contribution in [0.1, 0.15) is 58.8 Å². The van der Waals surface area contributed by atoms with E-state index >= 15 is 0 Å². The van der Waals surface area contributed by atoms with Crippen molar-refractivity contribution in [2.75, 3.05) is 0 Å². The molecule has 1 rings (SSSR count). The predicted molar refractivity (Wildman–Crippen MR) is 58.3 cm³/mol. The molecule has 0 saturated carbocycles. The molecule has 3 atom stereocenters. The molecule has 84 valence electrons. The molecule has 2 heteroatoms. The first-order valence-corrected chi connectivity index (χ1v) is 6.09. The third-order valence-corrected chi connectivity index (χ3v) is 2.94. The highest BCUT2D eigenvalue weighted by Crippen LogP contribution is 2.30. The van der Waals surface area contributed by atoms with Crippen molar-refractivity contribution in [3.63, 3.8) is 0 Å². The zero-order valence-electron chi connectivity index (χ0n) is 9.54. The molecule has 1 N–H and O–H groups in total. The van der Waals surface area contributed by atoms with Gasteiger partial charge in [0.2, 0.25) is 0 Å². The van der Waals surface area contributed by atoms with Gasteiger partial charge in [-0.05, 0) is 13.3 Å². The van der Waals surface area contributed by atoms with E-state index in [1.807, 2.05) is 6.92 Å². The fourth-order valence-corrected chi connectivity index (χ4v) is 1.94. The van der Waals surface area contributed by atoms with Crippen molar-refractivity contribution < 1.29 is 9.84 Å². The maximum atomic E-state index is 9.21. The van der Waals surface area contributed by atoms with Crippen molar-refractivity contribution in [2.45, 2.75) is 77.1 Å². The lowest BCUT2D eigenvalue weighted by Gasteiger charge is -1.99. The van der Waals surface area contributed by atoms with E-state index in [-0.39, 0.29) is 12.2 Å². The normalized spacial score (nSPS) is 27.6. The fourth-order valence-electron chi connectivity index (χ4n) is 1.94. The second kappa shape index (κ2) is 6.41. The number of hydrogen-bond donors (Lipinski definition) is 1. The van der Waals surface area contributed by atoms with Gasteiger partial charge in [0.1, 0.15) is 6.10 Å². The van der Waals surface area contributed by atoms with Crippen LogP contribution < -0.4 is 0 Å². The number of hydrogen-bond acceptors (Lipinski definition) is 2. The highest BCUT2D eigenvalue weighted by atomic mass is 16.6. The molecule has 1 aliphatic rings. The van der Waals surface area contributed by atoms with Crippen molar-refractivity contribution >= 4 is 0 Å². The maximum absolute atomic E-state index is 9.21. The molecule has 0 amide bonds. The number of aliphatic hydroxyl groups is 1. The van der Waals surface area contributed by atoms with E-state index in [4.69, 9.17) is 4.74 Å². The number of unbranched alkanes of at least 4 members (excludes halogenated alkanes) is 5. The summed E-state index contributed by atoms with van der Waals surface area (Å²) in [6, 6.07) is 0. The summed E-state index contributed by atoms with van der Waals surface area (Å²) in [6.45, 7) is 4.05. The number of aliphatic hydroxyl groups excluding tert-OH is 1. The third-order valence-electron chi connectivity index (χ3n) is 2.94. The van der Waals surface area contributed by atoms with Crippen LogP contribution in [-0.4, -0.2) is 23.4 Å². The first-order valence-electron chi connectivity index (χ1n) is 6.09. The first kappa shape index (κ1) is 12.0. The smallest absolute Gasteiger partial charge is 0.110 e. The van der Waals surface area contributed by atoms with E-state index in [1.165, 1.54) is 38.5 Å². The van der Waals surface area contributed by atoms with Gasteiger partial charge in [-0.15, -0.1) is 0 Å². The Bertz CT molecular complexity index is 145. The van der Waals surface area contributed by atoms with Crippen LogP contribution in [0.4, 0.5) is 0 Å². The Balaban J connectivity index is 1.82. The van der Waals surface area contributed by atoms with E-state index in [2.05, 4.69) is 6.92 Å². The van der Waals surface area contributed by atoms with Crippen LogP contribution in [0, 0.1) is 0 Å². The molecular weight excluding hydrogens is 176 g/mol. The van der Waals surface area contributed by atoms with Gasteiger partial charge in [-0.25, -0.2) is 0 Å². The zero-order chi connectivity index (χ0) is 10.4. The van der Waals surface area contributed by atoms with Crippen LogP contribution in [0.2, 0.25) is 0 Å². The van der Waals surface area contributed by atoms with E-state index < -0.39 is 0 Å². The average Bonchev–Trinajstić information content (AvgIpc) is 2.90. The summed E-state index contributed by atoms with van der Waals surface area (Å²) in [5.74, 6) is 0. The van der Waals surface area contributed by atoms with Gasteiger partial charge in [0.15, 0.2) is 0 Å². The maximum Gasteiger partial charge on any atom is 0.110 e. The monoisotopic (exact) mass is 200 g/mol. The van der Waals surface area contributed by atoms with Crippen molar-refractivity contribution in [3.05, 3.63) is 0 Å². The molecule has 0 aromatic rings. The predicted octanol–water partition coefficient (Wildman–Crippen LogP) is 2.89. The van der Waals surface area contributed by atoms with E-state index in [0.29, 0.717) is 6.10 Å². The largest absolute Gasteiger partial charge is 0.391 e. The molecule has 0 spiro atoms. The Labute approximate surface area is 87.7 Å². The highest BCUT2D eigenvalue weighted by molar-refractivity contribution is 4.88. The Morgan fingerprint density at radius 1 is 1.14 bits per heavy atom. The second-order valence-electron chi connectivity index (χ2n) is 4.44. The Morgan fingerprint density at radius 3 is 2.36 bits per heavy atom. The SMILES string of the molecule is CCCCCCCCC1OC1C(C)O. The molecular formula is C12H24O2. The standard InChI is InChI=1S/C12H24O2/c1-3-4-5-6-7-8-9-11-12(14-11)10(2)13/h10-13H,3-9H2,1-2H3. The van der Waals surface area contributed by atoms with E-state index in [1.54, 1.807) is 0 Å². The van der Waals surface area contributed by atoms with Crippen molar-refractivity contribution in [1.29, 1.82) is 0 Å². The topological polar surface area (TPSA) is 32.8 Å². The van der Waals surface area contributed by atoms with E-state index in [9.17, 15) is 5.11 Å². The number of rotatable bonds is 8. The fraction of sp³-hybridized carbons (Fsp3) is 1.00. The van der Waals surface area contributed by atoms with Gasteiger partial charge in [0.25, 0.3) is 0 Å². The molecule has 0 radical (unpaired) electrons. The first-order chi connectivity index (χ1) is 6.75. The minimum absolute atomic E-state index is 0.144. The molecule has 1 heterocycles. The molecule has 1 aliphatic heterocycles. The van der Waals surface area contributed by atoms with Crippen molar-refractivity contribution in [3.8, 4) is 0 Å². The van der Waals surface area contributed by atoms with Gasteiger partial charge < -0.3 is 9.84 Å². The van der Waals surface area contributed by atoms with Crippen LogP contribution in [0.15, 0.2) is 0 Å².